The van der Waals surface area contributed by atoms with Crippen molar-refractivity contribution >= 4 is 0 Å². The van der Waals surface area contributed by atoms with E-state index in [4.69, 9.17) is 0 Å². The first-order chi connectivity index (χ1) is 6.79. The Morgan fingerprint density at radius 1 is 0.533 bits per heavy atom. The Hall–Kier alpha value is -0.856. The molecule has 0 aliphatic heterocycles. The fourth-order valence-electron chi connectivity index (χ4n) is 0.841. The molecule has 0 unspecified atom stereocenters. The van der Waals surface area contributed by atoms with E-state index >= 15 is 0 Å². The zero-order valence-electron chi connectivity index (χ0n) is 8.17. The van der Waals surface area contributed by atoms with E-state index < -0.39 is 0 Å². The van der Waals surface area contributed by atoms with Crippen LogP contribution in [-0.4, -0.2) is 0 Å². The minimum atomic E-state index is 0. The molecule has 0 amide bonds. The molecule has 2 aromatic rings. The minimum Gasteiger partial charge on any atom is -0.872 e. The molecule has 0 heterocycles. The largest absolute Gasteiger partial charge is 0.872 e. The molecule has 0 atom stereocenters. The van der Waals surface area contributed by atoms with Gasteiger partial charge in [0.2, 0.25) is 0 Å². The van der Waals surface area contributed by atoms with Crippen LogP contribution in [0, 0.1) is 0 Å². The number of hydrogen-bond acceptors (Lipinski definition) is 2. The summed E-state index contributed by atoms with van der Waals surface area (Å²) in [5.74, 6) is 0.144. The van der Waals surface area contributed by atoms with Crippen molar-refractivity contribution in [3.05, 3.63) is 60.7 Å². The van der Waals surface area contributed by atoms with Gasteiger partial charge >= 0.3 is 0 Å². The van der Waals surface area contributed by atoms with E-state index in [0.717, 1.165) is 0 Å². The van der Waals surface area contributed by atoms with E-state index in [1.165, 1.54) is 24.3 Å². The summed E-state index contributed by atoms with van der Waals surface area (Å²) < 4.78 is 0. The van der Waals surface area contributed by atoms with E-state index in [-0.39, 0.29) is 44.2 Å². The van der Waals surface area contributed by atoms with Gasteiger partial charge in [-0.25, -0.2) is 0 Å². The van der Waals surface area contributed by atoms with Crippen LogP contribution in [0.1, 0.15) is 0 Å². The molecule has 0 spiro atoms. The van der Waals surface area contributed by atoms with E-state index in [2.05, 4.69) is 0 Å². The molecule has 0 bridgehead atoms. The molecule has 0 aliphatic carbocycles. The molecule has 2 rings (SSSR count). The third kappa shape index (κ3) is 7.12. The summed E-state index contributed by atoms with van der Waals surface area (Å²) in [6, 6.07) is 16.7. The summed E-state index contributed by atoms with van der Waals surface area (Å²) in [6.07, 6.45) is 0. The van der Waals surface area contributed by atoms with Gasteiger partial charge in [-0.1, -0.05) is 60.7 Å². The molecular weight excluding hydrogens is 265 g/mol. The first-order valence-corrected chi connectivity index (χ1v) is 4.23. The van der Waals surface area contributed by atoms with Crippen LogP contribution in [0.4, 0.5) is 0 Å². The molecule has 2 nitrogen and oxygen atoms in total. The van der Waals surface area contributed by atoms with E-state index in [1.54, 1.807) is 24.3 Å². The Balaban J connectivity index is 0.000000245. The van der Waals surface area contributed by atoms with Gasteiger partial charge in [0.05, 0.1) is 0 Å². The Morgan fingerprint density at radius 3 is 0.933 bits per heavy atom. The van der Waals surface area contributed by atoms with Crippen molar-refractivity contribution in [3.63, 3.8) is 0 Å². The smallest absolute Gasteiger partial charge is 0 e. The van der Waals surface area contributed by atoms with Crippen LogP contribution in [0.5, 0.6) is 11.5 Å². The standard InChI is InChI=1S/2C6H6O.Y/c2*7-6-4-2-1-3-5-6;/h2*1-5,7H;/p-2. The summed E-state index contributed by atoms with van der Waals surface area (Å²) in [5, 5.41) is 20.5. The van der Waals surface area contributed by atoms with E-state index in [0.29, 0.717) is 0 Å². The molecule has 15 heavy (non-hydrogen) atoms. The van der Waals surface area contributed by atoms with Crippen molar-refractivity contribution in [1.29, 1.82) is 0 Å². The summed E-state index contributed by atoms with van der Waals surface area (Å²) in [5.41, 5.74) is 0. The zero-order valence-corrected chi connectivity index (χ0v) is 11.0. The fraction of sp³-hybridized carbons (Fsp3) is 0. The molecule has 0 aliphatic rings. The second kappa shape index (κ2) is 8.45. The number of rotatable bonds is 0. The number of para-hydroxylation sites is 2. The third-order valence-corrected chi connectivity index (χ3v) is 1.49. The van der Waals surface area contributed by atoms with Crippen LogP contribution < -0.4 is 10.2 Å². The van der Waals surface area contributed by atoms with Gasteiger partial charge in [-0.2, -0.15) is 0 Å². The first kappa shape index (κ1) is 14.1. The van der Waals surface area contributed by atoms with Gasteiger partial charge in [-0.3, -0.25) is 0 Å². The topological polar surface area (TPSA) is 46.1 Å². The molecule has 3 heteroatoms. The van der Waals surface area contributed by atoms with Gasteiger partial charge in [-0.05, 0) is 0 Å². The van der Waals surface area contributed by atoms with Crippen LogP contribution in [0.2, 0.25) is 0 Å². The summed E-state index contributed by atoms with van der Waals surface area (Å²) in [4.78, 5) is 0. The molecule has 0 N–H and O–H groups in total. The fourth-order valence-corrected chi connectivity index (χ4v) is 0.841. The molecule has 0 aromatic heterocycles. The summed E-state index contributed by atoms with van der Waals surface area (Å²) in [7, 11) is 0. The van der Waals surface area contributed by atoms with Crippen LogP contribution in [-0.2, 0) is 32.7 Å². The second-order valence-corrected chi connectivity index (χ2v) is 2.63. The van der Waals surface area contributed by atoms with Crippen molar-refractivity contribution in [3.8, 4) is 11.5 Å². The van der Waals surface area contributed by atoms with Gasteiger partial charge in [0.1, 0.15) is 0 Å². The van der Waals surface area contributed by atoms with Crippen molar-refractivity contribution in [2.24, 2.45) is 0 Å². The maximum Gasteiger partial charge on any atom is 0 e. The van der Waals surface area contributed by atoms with Gasteiger partial charge in [0.15, 0.2) is 0 Å². The Kier molecular flexibility index (Phi) is 7.97. The monoisotopic (exact) mass is 275 g/mol. The van der Waals surface area contributed by atoms with Gasteiger partial charge in [0, 0.05) is 32.7 Å². The van der Waals surface area contributed by atoms with Crippen LogP contribution in [0.25, 0.3) is 0 Å². The van der Waals surface area contributed by atoms with Gasteiger partial charge < -0.3 is 10.2 Å². The Labute approximate surface area is 114 Å². The SMILES string of the molecule is [O-]c1ccccc1.[O-]c1ccccc1.[Y]. The predicted octanol–water partition coefficient (Wildman–Crippen LogP) is 1.52. The van der Waals surface area contributed by atoms with Crippen LogP contribution in [0.3, 0.4) is 0 Å². The molecule has 75 valence electrons. The molecule has 2 aromatic carbocycles. The van der Waals surface area contributed by atoms with Crippen molar-refractivity contribution in [2.75, 3.05) is 0 Å². The van der Waals surface area contributed by atoms with Crippen molar-refractivity contribution in [2.45, 2.75) is 0 Å². The van der Waals surface area contributed by atoms with E-state index in [1.807, 2.05) is 12.1 Å². The average molecular weight is 275 g/mol. The maximum absolute atomic E-state index is 10.3. The number of hydrogen-bond donors (Lipinski definition) is 0. The average Bonchev–Trinajstić information content (AvgIpc) is 2.21. The summed E-state index contributed by atoms with van der Waals surface area (Å²) >= 11 is 0. The maximum atomic E-state index is 10.3. The third-order valence-electron chi connectivity index (χ3n) is 1.49. The van der Waals surface area contributed by atoms with Gasteiger partial charge in [-0.15, -0.1) is 11.5 Å². The molecule has 0 saturated carbocycles. The summed E-state index contributed by atoms with van der Waals surface area (Å²) in [6.45, 7) is 0. The Bertz CT molecular complexity index is 311. The Morgan fingerprint density at radius 2 is 0.800 bits per heavy atom. The predicted molar refractivity (Wildman–Crippen MR) is 51.8 cm³/mol. The first-order valence-electron chi connectivity index (χ1n) is 4.23. The quantitative estimate of drug-likeness (QED) is 0.731. The van der Waals surface area contributed by atoms with E-state index in [9.17, 15) is 10.2 Å². The van der Waals surface area contributed by atoms with Crippen LogP contribution in [0.15, 0.2) is 60.7 Å². The molecular formula is C12H10O2Y-2. The van der Waals surface area contributed by atoms with Crippen LogP contribution >= 0.6 is 0 Å². The molecule has 1 radical (unpaired) electrons. The van der Waals surface area contributed by atoms with Gasteiger partial charge in [0.25, 0.3) is 0 Å². The molecule has 0 saturated heterocycles. The number of benzene rings is 2. The second-order valence-electron chi connectivity index (χ2n) is 2.63. The van der Waals surface area contributed by atoms with Crippen molar-refractivity contribution < 1.29 is 42.9 Å². The normalized spacial score (nSPS) is 8.00. The van der Waals surface area contributed by atoms with Crippen molar-refractivity contribution in [1.82, 2.24) is 0 Å². The minimum absolute atomic E-state index is 0. The molecule has 0 fully saturated rings. The zero-order chi connectivity index (χ0) is 10.2.